The number of aryl methyl sites for hydroxylation is 1. The van der Waals surface area contributed by atoms with Gasteiger partial charge in [0.25, 0.3) is 5.91 Å². The van der Waals surface area contributed by atoms with Crippen molar-refractivity contribution in [3.63, 3.8) is 0 Å². The highest BCUT2D eigenvalue weighted by molar-refractivity contribution is 5.97. The van der Waals surface area contributed by atoms with Crippen molar-refractivity contribution in [2.75, 3.05) is 19.0 Å². The molecule has 0 saturated heterocycles. The first-order valence-corrected chi connectivity index (χ1v) is 7.11. The number of hydrogen-bond donors (Lipinski definition) is 1. The number of ether oxygens (including phenoxy) is 2. The minimum absolute atomic E-state index is 0.0777. The molecule has 1 aliphatic rings. The van der Waals surface area contributed by atoms with Gasteiger partial charge in [0.15, 0.2) is 0 Å². The lowest BCUT2D eigenvalue weighted by atomic mass is 9.99. The molecule has 0 unspecified atom stereocenters. The topological polar surface area (TPSA) is 47.6 Å². The number of nitrogens with one attached hydrogen (secondary N) is 1. The highest BCUT2D eigenvalue weighted by atomic mass is 16.5. The Hall–Kier alpha value is -1.55. The Morgan fingerprint density at radius 2 is 2.15 bits per heavy atom. The maximum absolute atomic E-state index is 12.4. The van der Waals surface area contributed by atoms with E-state index in [0.717, 1.165) is 29.8 Å². The minimum Gasteiger partial charge on any atom is -0.494 e. The highest BCUT2D eigenvalue weighted by Gasteiger charge is 2.47. The summed E-state index contributed by atoms with van der Waals surface area (Å²) in [6, 6.07) is 5.67. The zero-order valence-corrected chi connectivity index (χ0v) is 12.7. The molecule has 4 heteroatoms. The predicted octanol–water partition coefficient (Wildman–Crippen LogP) is 3.15. The van der Waals surface area contributed by atoms with E-state index in [9.17, 15) is 4.79 Å². The number of benzene rings is 1. The van der Waals surface area contributed by atoms with E-state index in [1.807, 2.05) is 39.0 Å². The molecule has 4 nitrogen and oxygen atoms in total. The fourth-order valence-electron chi connectivity index (χ4n) is 2.38. The number of amides is 1. The summed E-state index contributed by atoms with van der Waals surface area (Å²) in [4.78, 5) is 12.4. The second-order valence-corrected chi connectivity index (χ2v) is 5.45. The molecule has 110 valence electrons. The Morgan fingerprint density at radius 1 is 1.45 bits per heavy atom. The molecule has 1 aliphatic carbocycles. The number of carbonyl (C=O) groups is 1. The van der Waals surface area contributed by atoms with Crippen LogP contribution in [0, 0.1) is 12.8 Å². The summed E-state index contributed by atoms with van der Waals surface area (Å²) in [5, 5.41) is 2.95. The van der Waals surface area contributed by atoms with Crippen molar-refractivity contribution in [3.05, 3.63) is 23.8 Å². The lowest BCUT2D eigenvalue weighted by Crippen LogP contribution is -2.44. The van der Waals surface area contributed by atoms with Gasteiger partial charge in [-0.15, -0.1) is 0 Å². The molecule has 1 fully saturated rings. The summed E-state index contributed by atoms with van der Waals surface area (Å²) < 4.78 is 10.9. The summed E-state index contributed by atoms with van der Waals surface area (Å²) in [5.41, 5.74) is 1.06. The van der Waals surface area contributed by atoms with Crippen LogP contribution in [-0.4, -0.2) is 25.2 Å². The molecule has 1 atom stereocenters. The molecule has 0 spiro atoms. The second kappa shape index (κ2) is 5.83. The third-order valence-electron chi connectivity index (χ3n) is 3.96. The molecule has 1 aromatic carbocycles. The molecular weight excluding hydrogens is 254 g/mol. The molecular formula is C16H23NO3. The molecule has 0 bridgehead atoms. The number of hydrogen-bond acceptors (Lipinski definition) is 3. The predicted molar refractivity (Wildman–Crippen MR) is 79.1 cm³/mol. The molecule has 1 saturated carbocycles. The van der Waals surface area contributed by atoms with Gasteiger partial charge < -0.3 is 14.8 Å². The van der Waals surface area contributed by atoms with Crippen LogP contribution in [0.4, 0.5) is 5.69 Å². The first-order chi connectivity index (χ1) is 9.51. The SMILES string of the molecule is CCOc1ccc(NC(=O)[C@](C)(OC)C2CC2)cc1C. The Kier molecular flexibility index (Phi) is 4.33. The molecule has 0 aliphatic heterocycles. The van der Waals surface area contributed by atoms with Crippen LogP contribution in [-0.2, 0) is 9.53 Å². The van der Waals surface area contributed by atoms with E-state index < -0.39 is 5.60 Å². The lowest BCUT2D eigenvalue weighted by molar-refractivity contribution is -0.138. The van der Waals surface area contributed by atoms with Crippen molar-refractivity contribution in [1.82, 2.24) is 0 Å². The Labute approximate surface area is 120 Å². The maximum Gasteiger partial charge on any atom is 0.256 e. The minimum atomic E-state index is -0.730. The first-order valence-electron chi connectivity index (χ1n) is 7.11. The van der Waals surface area contributed by atoms with E-state index in [1.54, 1.807) is 7.11 Å². The largest absolute Gasteiger partial charge is 0.494 e. The molecule has 0 heterocycles. The smallest absolute Gasteiger partial charge is 0.256 e. The van der Waals surface area contributed by atoms with Crippen LogP contribution >= 0.6 is 0 Å². The molecule has 1 N–H and O–H groups in total. The molecule has 0 radical (unpaired) electrons. The lowest BCUT2D eigenvalue weighted by Gasteiger charge is -2.26. The van der Waals surface area contributed by atoms with E-state index in [2.05, 4.69) is 5.32 Å². The van der Waals surface area contributed by atoms with Gasteiger partial charge in [0.2, 0.25) is 0 Å². The van der Waals surface area contributed by atoms with Crippen LogP contribution in [0.15, 0.2) is 18.2 Å². The fraction of sp³-hybridized carbons (Fsp3) is 0.562. The Bertz CT molecular complexity index is 496. The molecule has 1 amide bonds. The fourth-order valence-corrected chi connectivity index (χ4v) is 2.38. The number of methoxy groups -OCH3 is 1. The Balaban J connectivity index is 2.09. The number of anilines is 1. The first kappa shape index (κ1) is 14.9. The van der Waals surface area contributed by atoms with Gasteiger partial charge in [-0.1, -0.05) is 0 Å². The van der Waals surface area contributed by atoms with E-state index in [4.69, 9.17) is 9.47 Å². The van der Waals surface area contributed by atoms with Gasteiger partial charge in [-0.25, -0.2) is 0 Å². The van der Waals surface area contributed by atoms with Crippen molar-refractivity contribution < 1.29 is 14.3 Å². The van der Waals surface area contributed by atoms with E-state index in [0.29, 0.717) is 12.5 Å². The van der Waals surface area contributed by atoms with Crippen molar-refractivity contribution in [2.24, 2.45) is 5.92 Å². The second-order valence-electron chi connectivity index (χ2n) is 5.45. The number of rotatable bonds is 6. The summed E-state index contributed by atoms with van der Waals surface area (Å²) >= 11 is 0. The Morgan fingerprint density at radius 3 is 2.65 bits per heavy atom. The van der Waals surface area contributed by atoms with Gasteiger partial charge in [-0.3, -0.25) is 4.79 Å². The maximum atomic E-state index is 12.4. The quantitative estimate of drug-likeness (QED) is 0.869. The summed E-state index contributed by atoms with van der Waals surface area (Å²) in [6.45, 7) is 6.42. The van der Waals surface area contributed by atoms with Crippen LogP contribution < -0.4 is 10.1 Å². The van der Waals surface area contributed by atoms with Crippen molar-refractivity contribution in [2.45, 2.75) is 39.2 Å². The van der Waals surface area contributed by atoms with Gasteiger partial charge in [-0.2, -0.15) is 0 Å². The molecule has 2 rings (SSSR count). The summed E-state index contributed by atoms with van der Waals surface area (Å²) in [5.74, 6) is 1.10. The van der Waals surface area contributed by atoms with Crippen molar-refractivity contribution in [1.29, 1.82) is 0 Å². The van der Waals surface area contributed by atoms with Gasteiger partial charge in [0.1, 0.15) is 11.4 Å². The average Bonchev–Trinajstić information content (AvgIpc) is 3.25. The monoisotopic (exact) mass is 277 g/mol. The van der Waals surface area contributed by atoms with Crippen LogP contribution in [0.2, 0.25) is 0 Å². The normalized spacial score (nSPS) is 17.4. The van der Waals surface area contributed by atoms with E-state index in [1.165, 1.54) is 0 Å². The molecule has 20 heavy (non-hydrogen) atoms. The van der Waals surface area contributed by atoms with Crippen molar-refractivity contribution in [3.8, 4) is 5.75 Å². The standard InChI is InChI=1S/C16H23NO3/c1-5-20-14-9-8-13(10-11(14)2)17-15(18)16(3,19-4)12-6-7-12/h8-10,12H,5-7H2,1-4H3,(H,17,18)/t16-/m1/s1. The van der Waals surface area contributed by atoms with Crippen LogP contribution in [0.5, 0.6) is 5.75 Å². The van der Waals surface area contributed by atoms with Gasteiger partial charge in [0.05, 0.1) is 6.61 Å². The summed E-state index contributed by atoms with van der Waals surface area (Å²) in [7, 11) is 1.60. The van der Waals surface area contributed by atoms with Gasteiger partial charge in [-0.05, 0) is 63.3 Å². The third-order valence-corrected chi connectivity index (χ3v) is 3.96. The van der Waals surface area contributed by atoms with Crippen LogP contribution in [0.25, 0.3) is 0 Å². The van der Waals surface area contributed by atoms with Crippen LogP contribution in [0.3, 0.4) is 0 Å². The van der Waals surface area contributed by atoms with Gasteiger partial charge in [0, 0.05) is 12.8 Å². The van der Waals surface area contributed by atoms with Crippen molar-refractivity contribution >= 4 is 11.6 Å². The van der Waals surface area contributed by atoms with E-state index >= 15 is 0 Å². The zero-order valence-electron chi connectivity index (χ0n) is 12.7. The zero-order chi connectivity index (χ0) is 14.8. The molecule has 0 aromatic heterocycles. The summed E-state index contributed by atoms with van der Waals surface area (Å²) in [6.07, 6.45) is 2.11. The average molecular weight is 277 g/mol. The van der Waals surface area contributed by atoms with E-state index in [-0.39, 0.29) is 5.91 Å². The molecule has 1 aromatic rings. The number of carbonyl (C=O) groups excluding carboxylic acids is 1. The highest BCUT2D eigenvalue weighted by Crippen LogP contribution is 2.42. The van der Waals surface area contributed by atoms with Crippen LogP contribution in [0.1, 0.15) is 32.3 Å². The van der Waals surface area contributed by atoms with Gasteiger partial charge >= 0.3 is 0 Å². The third kappa shape index (κ3) is 2.96.